The van der Waals surface area contributed by atoms with E-state index in [-0.39, 0.29) is 25.2 Å². The lowest BCUT2D eigenvalue weighted by atomic mass is 10.1. The minimum Gasteiger partial charge on any atom is -0.454 e. The summed E-state index contributed by atoms with van der Waals surface area (Å²) in [6.45, 7) is 5.75. The van der Waals surface area contributed by atoms with Crippen molar-refractivity contribution in [3.05, 3.63) is 41.2 Å². The molecule has 9 heteroatoms. The van der Waals surface area contributed by atoms with Gasteiger partial charge in [-0.25, -0.2) is 0 Å². The zero-order valence-electron chi connectivity index (χ0n) is 16.7. The number of carbonyl (C=O) groups excluding carboxylic acids is 2. The number of ether oxygens (including phenoxy) is 2. The summed E-state index contributed by atoms with van der Waals surface area (Å²) in [7, 11) is 1.71. The predicted octanol–water partition coefficient (Wildman–Crippen LogP) is 0.531. The molecule has 154 valence electrons. The number of hydrogen-bond acceptors (Lipinski definition) is 6. The molecule has 1 N–H and O–H groups in total. The van der Waals surface area contributed by atoms with E-state index in [1.54, 1.807) is 18.0 Å². The molecule has 29 heavy (non-hydrogen) atoms. The van der Waals surface area contributed by atoms with E-state index in [1.165, 1.54) is 4.68 Å². The van der Waals surface area contributed by atoms with Crippen molar-refractivity contribution < 1.29 is 19.1 Å². The number of amides is 2. The summed E-state index contributed by atoms with van der Waals surface area (Å²) >= 11 is 0. The van der Waals surface area contributed by atoms with Crippen molar-refractivity contribution in [1.82, 2.24) is 24.9 Å². The van der Waals surface area contributed by atoms with Crippen molar-refractivity contribution in [2.45, 2.75) is 13.5 Å². The van der Waals surface area contributed by atoms with Crippen molar-refractivity contribution in [1.29, 1.82) is 0 Å². The van der Waals surface area contributed by atoms with Gasteiger partial charge in [-0.3, -0.25) is 19.2 Å². The third kappa shape index (κ3) is 4.34. The normalized spacial score (nSPS) is 16.1. The minimum atomic E-state index is -0.289. The highest BCUT2D eigenvalue weighted by Gasteiger charge is 2.23. The Morgan fingerprint density at radius 2 is 1.86 bits per heavy atom. The topological polar surface area (TPSA) is 88.9 Å². The Hall–Kier alpha value is -3.07. The first-order valence-corrected chi connectivity index (χ1v) is 9.67. The maximum atomic E-state index is 12.5. The number of fused-ring (bicyclic) bond motifs is 1. The maximum Gasteiger partial charge on any atom is 0.269 e. The summed E-state index contributed by atoms with van der Waals surface area (Å²) in [5.41, 5.74) is 2.37. The minimum absolute atomic E-state index is 0.00871. The molecular formula is C20H25N5O4. The van der Waals surface area contributed by atoms with Gasteiger partial charge in [0.25, 0.3) is 5.91 Å². The van der Waals surface area contributed by atoms with Gasteiger partial charge in [0.1, 0.15) is 5.69 Å². The average molecular weight is 399 g/mol. The highest BCUT2D eigenvalue weighted by Crippen LogP contribution is 2.32. The smallest absolute Gasteiger partial charge is 0.269 e. The zero-order valence-corrected chi connectivity index (χ0v) is 16.7. The summed E-state index contributed by atoms with van der Waals surface area (Å²) in [6, 6.07) is 7.69. The van der Waals surface area contributed by atoms with Crippen LogP contribution in [0.4, 0.5) is 0 Å². The van der Waals surface area contributed by atoms with Crippen molar-refractivity contribution in [2.24, 2.45) is 7.05 Å². The summed E-state index contributed by atoms with van der Waals surface area (Å²) in [5.74, 6) is 1.21. The van der Waals surface area contributed by atoms with Crippen LogP contribution >= 0.6 is 0 Å². The standard InChI is InChI=1S/C20H25N5O4/c1-14-9-16(23(2)22-14)20(27)21-11-19(26)25-7-5-24(6-8-25)12-15-3-4-17-18(10-15)29-13-28-17/h3-4,9-10H,5-8,11-13H2,1-2H3,(H,21,27). The number of carbonyl (C=O) groups is 2. The Morgan fingerprint density at radius 1 is 1.10 bits per heavy atom. The highest BCUT2D eigenvalue weighted by atomic mass is 16.7. The fourth-order valence-corrected chi connectivity index (χ4v) is 3.63. The van der Waals surface area contributed by atoms with Crippen molar-refractivity contribution in [3.63, 3.8) is 0 Å². The molecule has 0 radical (unpaired) electrons. The first-order valence-electron chi connectivity index (χ1n) is 9.67. The van der Waals surface area contributed by atoms with Gasteiger partial charge in [0.2, 0.25) is 12.7 Å². The lowest BCUT2D eigenvalue weighted by molar-refractivity contribution is -0.131. The van der Waals surface area contributed by atoms with Gasteiger partial charge in [-0.2, -0.15) is 5.10 Å². The van der Waals surface area contributed by atoms with Crippen LogP contribution in [0.25, 0.3) is 0 Å². The van der Waals surface area contributed by atoms with Crippen LogP contribution < -0.4 is 14.8 Å². The summed E-state index contributed by atoms with van der Waals surface area (Å²) in [4.78, 5) is 28.8. The molecule has 2 aliphatic heterocycles. The van der Waals surface area contributed by atoms with E-state index in [0.717, 1.165) is 42.4 Å². The molecule has 9 nitrogen and oxygen atoms in total. The van der Waals surface area contributed by atoms with Crippen molar-refractivity contribution in [2.75, 3.05) is 39.5 Å². The SMILES string of the molecule is Cc1cc(C(=O)NCC(=O)N2CCN(Cc3ccc4c(c3)OCO4)CC2)n(C)n1. The molecule has 0 unspecified atom stereocenters. The van der Waals surface area contributed by atoms with E-state index >= 15 is 0 Å². The van der Waals surface area contributed by atoms with E-state index in [4.69, 9.17) is 9.47 Å². The third-order valence-electron chi connectivity index (χ3n) is 5.20. The van der Waals surface area contributed by atoms with Gasteiger partial charge in [0.15, 0.2) is 11.5 Å². The van der Waals surface area contributed by atoms with Crippen LogP contribution in [0.2, 0.25) is 0 Å². The quantitative estimate of drug-likeness (QED) is 0.789. The number of nitrogens with zero attached hydrogens (tertiary/aromatic N) is 4. The molecule has 1 aromatic heterocycles. The van der Waals surface area contributed by atoms with Gasteiger partial charge in [0.05, 0.1) is 12.2 Å². The van der Waals surface area contributed by atoms with Crippen LogP contribution in [0.5, 0.6) is 11.5 Å². The van der Waals surface area contributed by atoms with Gasteiger partial charge in [-0.05, 0) is 30.7 Å². The number of rotatable bonds is 5. The summed E-state index contributed by atoms with van der Waals surface area (Å²) in [6.07, 6.45) is 0. The lowest BCUT2D eigenvalue weighted by Crippen LogP contribution is -2.50. The van der Waals surface area contributed by atoms with Crippen LogP contribution in [0, 0.1) is 6.92 Å². The number of piperazine rings is 1. The van der Waals surface area contributed by atoms with Gasteiger partial charge in [0, 0.05) is 39.8 Å². The molecule has 2 aromatic rings. The van der Waals surface area contributed by atoms with Gasteiger partial charge in [-0.1, -0.05) is 6.07 Å². The summed E-state index contributed by atoms with van der Waals surface area (Å²) < 4.78 is 12.3. The number of benzene rings is 1. The monoisotopic (exact) mass is 399 g/mol. The molecule has 0 spiro atoms. The molecule has 1 saturated heterocycles. The van der Waals surface area contributed by atoms with E-state index in [9.17, 15) is 9.59 Å². The highest BCUT2D eigenvalue weighted by molar-refractivity contribution is 5.95. The molecule has 0 bridgehead atoms. The molecule has 0 atom stereocenters. The number of nitrogens with one attached hydrogen (secondary N) is 1. The maximum absolute atomic E-state index is 12.5. The Labute approximate surface area is 169 Å². The van der Waals surface area contributed by atoms with Crippen LogP contribution in [0.3, 0.4) is 0 Å². The second kappa shape index (κ2) is 8.12. The second-order valence-electron chi connectivity index (χ2n) is 7.32. The molecule has 2 amide bonds. The van der Waals surface area contributed by atoms with E-state index in [0.29, 0.717) is 18.8 Å². The Morgan fingerprint density at radius 3 is 2.59 bits per heavy atom. The molecule has 1 aromatic carbocycles. The molecule has 0 saturated carbocycles. The van der Waals surface area contributed by atoms with Crippen LogP contribution in [-0.4, -0.2) is 70.9 Å². The largest absolute Gasteiger partial charge is 0.454 e. The summed E-state index contributed by atoms with van der Waals surface area (Å²) in [5, 5.41) is 6.85. The van der Waals surface area contributed by atoms with Crippen molar-refractivity contribution >= 4 is 11.8 Å². The molecule has 2 aliphatic rings. The van der Waals surface area contributed by atoms with E-state index in [2.05, 4.69) is 15.3 Å². The van der Waals surface area contributed by atoms with Gasteiger partial charge in [-0.15, -0.1) is 0 Å². The number of hydrogen-bond donors (Lipinski definition) is 1. The number of aromatic nitrogens is 2. The molecule has 3 heterocycles. The predicted molar refractivity (Wildman–Crippen MR) is 105 cm³/mol. The Balaban J connectivity index is 1.23. The third-order valence-corrected chi connectivity index (χ3v) is 5.20. The lowest BCUT2D eigenvalue weighted by Gasteiger charge is -2.34. The van der Waals surface area contributed by atoms with Crippen molar-refractivity contribution in [3.8, 4) is 11.5 Å². The first-order chi connectivity index (χ1) is 14.0. The second-order valence-corrected chi connectivity index (χ2v) is 7.32. The fraction of sp³-hybridized carbons (Fsp3) is 0.450. The molecule has 0 aliphatic carbocycles. The van der Waals surface area contributed by atoms with E-state index in [1.807, 2.05) is 25.1 Å². The Bertz CT molecular complexity index is 918. The van der Waals surface area contributed by atoms with Crippen LogP contribution in [0.1, 0.15) is 21.7 Å². The van der Waals surface area contributed by atoms with E-state index < -0.39 is 0 Å². The van der Waals surface area contributed by atoms with Gasteiger partial charge < -0.3 is 19.7 Å². The van der Waals surface area contributed by atoms with Crippen LogP contribution in [-0.2, 0) is 18.4 Å². The molecular weight excluding hydrogens is 374 g/mol. The molecule has 1 fully saturated rings. The Kier molecular flexibility index (Phi) is 5.39. The average Bonchev–Trinajstić information content (AvgIpc) is 3.31. The number of aryl methyl sites for hydroxylation is 2. The fourth-order valence-electron chi connectivity index (χ4n) is 3.63. The zero-order chi connectivity index (χ0) is 20.4. The first kappa shape index (κ1) is 19.3. The molecule has 4 rings (SSSR count). The van der Waals surface area contributed by atoms with Crippen LogP contribution in [0.15, 0.2) is 24.3 Å². The van der Waals surface area contributed by atoms with Gasteiger partial charge >= 0.3 is 0 Å².